The molecule has 12 nitrogen and oxygen atoms in total. The molecule has 1 aromatic carbocycles. The summed E-state index contributed by atoms with van der Waals surface area (Å²) in [6.07, 6.45) is 4.18. The summed E-state index contributed by atoms with van der Waals surface area (Å²) in [5.74, 6) is -0.244. The van der Waals surface area contributed by atoms with Gasteiger partial charge in [-0.05, 0) is 57.9 Å². The van der Waals surface area contributed by atoms with Crippen molar-refractivity contribution in [3.63, 3.8) is 0 Å². The van der Waals surface area contributed by atoms with Gasteiger partial charge >= 0.3 is 11.8 Å². The van der Waals surface area contributed by atoms with Gasteiger partial charge in [-0.2, -0.15) is 4.98 Å². The molecule has 2 aromatic rings. The maximum Gasteiger partial charge on any atom is 0.410 e. The summed E-state index contributed by atoms with van der Waals surface area (Å²) < 4.78 is 34.9. The molecule has 1 N–H and O–H groups in total. The summed E-state index contributed by atoms with van der Waals surface area (Å²) in [5, 5.41) is 14.8. The van der Waals surface area contributed by atoms with Crippen LogP contribution in [0.15, 0.2) is 35.5 Å². The molecule has 0 radical (unpaired) electrons. The van der Waals surface area contributed by atoms with E-state index in [9.17, 15) is 23.3 Å². The second-order valence-electron chi connectivity index (χ2n) is 10.0. The number of aromatic nitrogens is 2. The van der Waals surface area contributed by atoms with Crippen molar-refractivity contribution in [1.82, 2.24) is 14.9 Å². The Bertz CT molecular complexity index is 1250. The van der Waals surface area contributed by atoms with E-state index in [4.69, 9.17) is 9.47 Å². The smallest absolute Gasteiger partial charge is 0.410 e. The summed E-state index contributed by atoms with van der Waals surface area (Å²) >= 11 is 0. The van der Waals surface area contributed by atoms with Gasteiger partial charge in [-0.1, -0.05) is 0 Å². The number of nitro groups is 1. The molecule has 1 aromatic heterocycles. The van der Waals surface area contributed by atoms with E-state index in [0.29, 0.717) is 18.5 Å². The molecule has 0 spiro atoms. The van der Waals surface area contributed by atoms with E-state index < -0.39 is 26.0 Å². The van der Waals surface area contributed by atoms with E-state index in [1.807, 2.05) is 20.8 Å². The SMILES string of the molecule is CC(C)(C)OC(=O)N1C2CCC1CC(Oc1ncnc(Nc3ccc(S(C)(=O)=O)cc3)c1[N+](=O)[O-])C2. The van der Waals surface area contributed by atoms with Crippen LogP contribution in [0, 0.1) is 10.1 Å². The van der Waals surface area contributed by atoms with Crippen LogP contribution in [-0.2, 0) is 14.6 Å². The van der Waals surface area contributed by atoms with Crippen LogP contribution in [-0.4, -0.2) is 64.3 Å². The third-order valence-corrected chi connectivity index (χ3v) is 7.22. The zero-order valence-electron chi connectivity index (χ0n) is 20.5. The van der Waals surface area contributed by atoms with E-state index in [-0.39, 0.29) is 40.9 Å². The number of sulfone groups is 1. The largest absolute Gasteiger partial charge is 0.469 e. The van der Waals surface area contributed by atoms with Crippen LogP contribution in [0.3, 0.4) is 0 Å². The highest BCUT2D eigenvalue weighted by atomic mass is 32.2. The van der Waals surface area contributed by atoms with E-state index in [2.05, 4.69) is 15.3 Å². The first kappa shape index (κ1) is 25.6. The minimum absolute atomic E-state index is 0.0737. The average molecular weight is 520 g/mol. The van der Waals surface area contributed by atoms with E-state index >= 15 is 0 Å². The Morgan fingerprint density at radius 3 is 2.28 bits per heavy atom. The van der Waals surface area contributed by atoms with Gasteiger partial charge in [0.05, 0.1) is 9.82 Å². The van der Waals surface area contributed by atoms with Crippen LogP contribution in [0.25, 0.3) is 0 Å². The maximum atomic E-state index is 12.7. The first-order valence-corrected chi connectivity index (χ1v) is 13.5. The number of nitrogens with zero attached hydrogens (tertiary/aromatic N) is 4. The predicted octanol–water partition coefficient (Wildman–Crippen LogP) is 3.84. The summed E-state index contributed by atoms with van der Waals surface area (Å²) in [5.41, 5.74) is -0.606. The number of amides is 1. The molecule has 13 heteroatoms. The van der Waals surface area contributed by atoms with Crippen molar-refractivity contribution < 1.29 is 27.6 Å². The monoisotopic (exact) mass is 519 g/mol. The maximum absolute atomic E-state index is 12.7. The lowest BCUT2D eigenvalue weighted by atomic mass is 10.0. The van der Waals surface area contributed by atoms with E-state index in [0.717, 1.165) is 19.1 Å². The van der Waals surface area contributed by atoms with Crippen molar-refractivity contribution in [2.75, 3.05) is 11.6 Å². The molecule has 2 saturated heterocycles. The standard InChI is InChI=1S/C23H29N5O7S/c1-23(2,3)35-22(29)27-15-7-8-16(27)12-17(11-15)34-21-19(28(30)31)20(24-13-25-21)26-14-5-9-18(10-6-14)36(4,32)33/h5-6,9-10,13,15-17H,7-8,11-12H2,1-4H3,(H,24,25,26). The number of anilines is 2. The van der Waals surface area contributed by atoms with Crippen molar-refractivity contribution >= 4 is 33.1 Å². The van der Waals surface area contributed by atoms with Crippen molar-refractivity contribution in [3.8, 4) is 5.88 Å². The Balaban J connectivity index is 1.51. The number of ether oxygens (including phenoxy) is 2. The van der Waals surface area contributed by atoms with Gasteiger partial charge in [0.2, 0.25) is 5.82 Å². The highest BCUT2D eigenvalue weighted by Crippen LogP contribution is 2.40. The lowest BCUT2D eigenvalue weighted by Gasteiger charge is -2.39. The van der Waals surface area contributed by atoms with E-state index in [1.165, 1.54) is 30.6 Å². The van der Waals surface area contributed by atoms with Gasteiger partial charge in [0.15, 0.2) is 9.84 Å². The number of hydrogen-bond acceptors (Lipinski definition) is 10. The molecule has 1 amide bonds. The number of piperidine rings is 1. The molecule has 36 heavy (non-hydrogen) atoms. The van der Waals surface area contributed by atoms with Crippen LogP contribution in [0.2, 0.25) is 0 Å². The number of carbonyl (C=O) groups is 1. The number of hydrogen-bond donors (Lipinski definition) is 1. The molecule has 2 aliphatic rings. The topological polar surface area (TPSA) is 154 Å². The Morgan fingerprint density at radius 1 is 1.14 bits per heavy atom. The number of nitrogens with one attached hydrogen (secondary N) is 1. The summed E-state index contributed by atoms with van der Waals surface area (Å²) in [4.78, 5) is 33.9. The summed E-state index contributed by atoms with van der Waals surface area (Å²) in [6, 6.07) is 5.64. The minimum atomic E-state index is -3.37. The van der Waals surface area contributed by atoms with Gasteiger partial charge in [0.25, 0.3) is 5.88 Å². The Morgan fingerprint density at radius 2 is 1.75 bits per heavy atom. The molecule has 0 aliphatic carbocycles. The Labute approximate surface area is 209 Å². The fourth-order valence-corrected chi connectivity index (χ4v) is 5.25. The van der Waals surface area contributed by atoms with Crippen molar-refractivity contribution in [1.29, 1.82) is 0 Å². The summed E-state index contributed by atoms with van der Waals surface area (Å²) in [7, 11) is -3.37. The van der Waals surface area contributed by atoms with Gasteiger partial charge in [0, 0.05) is 36.9 Å². The first-order valence-electron chi connectivity index (χ1n) is 11.6. The number of fused-ring (bicyclic) bond motifs is 2. The Hall–Kier alpha value is -3.48. The number of carbonyl (C=O) groups excluding carboxylic acids is 1. The van der Waals surface area contributed by atoms with Crippen molar-refractivity contribution in [2.24, 2.45) is 0 Å². The van der Waals surface area contributed by atoms with Crippen molar-refractivity contribution in [3.05, 3.63) is 40.7 Å². The van der Waals surface area contributed by atoms with Crippen LogP contribution in [0.1, 0.15) is 46.5 Å². The lowest BCUT2D eigenvalue weighted by molar-refractivity contribution is -0.385. The zero-order chi connectivity index (χ0) is 26.3. The highest BCUT2D eigenvalue weighted by molar-refractivity contribution is 7.90. The van der Waals surface area contributed by atoms with E-state index in [1.54, 1.807) is 4.90 Å². The fourth-order valence-electron chi connectivity index (χ4n) is 4.62. The van der Waals surface area contributed by atoms with Gasteiger partial charge < -0.3 is 19.7 Å². The van der Waals surface area contributed by atoms with Gasteiger partial charge in [0.1, 0.15) is 18.0 Å². The average Bonchev–Trinajstić information content (AvgIpc) is 3.03. The van der Waals surface area contributed by atoms with Crippen LogP contribution >= 0.6 is 0 Å². The second kappa shape index (κ2) is 9.52. The van der Waals surface area contributed by atoms with Gasteiger partial charge in [-0.3, -0.25) is 10.1 Å². The molecule has 2 aliphatic heterocycles. The second-order valence-corrected chi connectivity index (χ2v) is 12.1. The number of rotatable bonds is 6. The molecule has 2 fully saturated rings. The molecule has 0 saturated carbocycles. The van der Waals surface area contributed by atoms with Gasteiger partial charge in [-0.25, -0.2) is 18.2 Å². The quantitative estimate of drug-likeness (QED) is 0.440. The first-order chi connectivity index (χ1) is 16.8. The molecule has 2 atom stereocenters. The third kappa shape index (κ3) is 5.66. The molecule has 194 valence electrons. The minimum Gasteiger partial charge on any atom is -0.469 e. The molecular formula is C23H29N5O7S. The normalized spacial score (nSPS) is 21.7. The Kier molecular flexibility index (Phi) is 6.78. The molecule has 4 rings (SSSR count). The van der Waals surface area contributed by atoms with Gasteiger partial charge in [-0.15, -0.1) is 0 Å². The predicted molar refractivity (Wildman–Crippen MR) is 130 cm³/mol. The van der Waals surface area contributed by atoms with Crippen LogP contribution in [0.4, 0.5) is 22.0 Å². The fraction of sp³-hybridized carbons (Fsp3) is 0.522. The third-order valence-electron chi connectivity index (χ3n) is 6.09. The lowest BCUT2D eigenvalue weighted by Crippen LogP contribution is -2.50. The van der Waals surface area contributed by atoms with Crippen LogP contribution < -0.4 is 10.1 Å². The molecule has 2 unspecified atom stereocenters. The van der Waals surface area contributed by atoms with Crippen molar-refractivity contribution in [2.45, 2.75) is 75.1 Å². The molecule has 2 bridgehead atoms. The number of benzene rings is 1. The zero-order valence-corrected chi connectivity index (χ0v) is 21.3. The summed E-state index contributed by atoms with van der Waals surface area (Å²) in [6.45, 7) is 5.47. The molecular weight excluding hydrogens is 490 g/mol. The highest BCUT2D eigenvalue weighted by Gasteiger charge is 2.46. The molecule has 3 heterocycles. The van der Waals surface area contributed by atoms with Crippen LogP contribution in [0.5, 0.6) is 5.88 Å².